The summed E-state index contributed by atoms with van der Waals surface area (Å²) in [5.74, 6) is 0.484. The lowest BCUT2D eigenvalue weighted by Gasteiger charge is -2.22. The molecule has 0 saturated carbocycles. The van der Waals surface area contributed by atoms with Gasteiger partial charge in [-0.25, -0.2) is 13.4 Å². The van der Waals surface area contributed by atoms with E-state index in [0.29, 0.717) is 5.92 Å². The second-order valence-corrected chi connectivity index (χ2v) is 13.0. The number of rotatable bonds is 7. The number of amides is 2. The summed E-state index contributed by atoms with van der Waals surface area (Å²) in [4.78, 5) is 30.9. The molecule has 2 aliphatic heterocycles. The molecule has 6 rings (SSSR count). The van der Waals surface area contributed by atoms with Gasteiger partial charge in [-0.15, -0.1) is 11.3 Å². The van der Waals surface area contributed by atoms with Crippen molar-refractivity contribution in [2.24, 2.45) is 5.92 Å². The summed E-state index contributed by atoms with van der Waals surface area (Å²) in [7, 11) is -3.94. The van der Waals surface area contributed by atoms with E-state index in [2.05, 4.69) is 20.9 Å². The molecule has 4 aromatic rings. The average molecular weight is 589 g/mol. The van der Waals surface area contributed by atoms with Gasteiger partial charge >= 0.3 is 0 Å². The van der Waals surface area contributed by atoms with Gasteiger partial charge < -0.3 is 20.7 Å². The maximum Gasteiger partial charge on any atom is 0.257 e. The molecule has 0 unspecified atom stereocenters. The third-order valence-electron chi connectivity index (χ3n) is 7.22. The number of benzene rings is 3. The zero-order valence-electron chi connectivity index (χ0n) is 22.1. The second kappa shape index (κ2) is 11.4. The highest BCUT2D eigenvalue weighted by atomic mass is 32.2. The highest BCUT2D eigenvalue weighted by Gasteiger charge is 2.31. The van der Waals surface area contributed by atoms with Crippen molar-refractivity contribution in [3.8, 4) is 16.3 Å². The molecular formula is C30H28N4O5S2. The Kier molecular flexibility index (Phi) is 7.57. The molecule has 3 heterocycles. The van der Waals surface area contributed by atoms with E-state index in [1.807, 2.05) is 24.3 Å². The predicted octanol–water partition coefficient (Wildman–Crippen LogP) is 4.52. The zero-order valence-corrected chi connectivity index (χ0v) is 23.7. The molecule has 9 nitrogen and oxygen atoms in total. The van der Waals surface area contributed by atoms with Crippen molar-refractivity contribution in [2.75, 3.05) is 25.0 Å². The van der Waals surface area contributed by atoms with E-state index in [9.17, 15) is 18.0 Å². The molecule has 1 fully saturated rings. The number of hydrogen-bond donors (Lipinski definition) is 3. The maximum absolute atomic E-state index is 13.2. The first-order valence-corrected chi connectivity index (χ1v) is 15.6. The maximum atomic E-state index is 13.2. The molecule has 1 aromatic heterocycles. The van der Waals surface area contributed by atoms with Crippen molar-refractivity contribution in [3.05, 3.63) is 88.9 Å². The van der Waals surface area contributed by atoms with Gasteiger partial charge in [-0.2, -0.15) is 0 Å². The predicted molar refractivity (Wildman–Crippen MR) is 156 cm³/mol. The van der Waals surface area contributed by atoms with Gasteiger partial charge in [0.25, 0.3) is 11.8 Å². The number of nitrogens with one attached hydrogen (secondary N) is 3. The van der Waals surface area contributed by atoms with E-state index in [1.54, 1.807) is 18.3 Å². The topological polar surface area (TPSA) is 126 Å². The van der Waals surface area contributed by atoms with Gasteiger partial charge in [-0.05, 0) is 86.4 Å². The number of ether oxygens (including phenoxy) is 1. The smallest absolute Gasteiger partial charge is 0.257 e. The van der Waals surface area contributed by atoms with Crippen molar-refractivity contribution in [1.82, 2.24) is 15.6 Å². The SMILES string of the molecule is O=C(NCc1cnc(-c2ccc(OCC3CCNCC3)cc2)s1)c1ccc2c(c1)NC(=O)c1ccccc1S2(=O)=O. The van der Waals surface area contributed by atoms with Gasteiger partial charge in [-0.3, -0.25) is 9.59 Å². The molecule has 210 valence electrons. The lowest BCUT2D eigenvalue weighted by atomic mass is 9.99. The number of nitrogens with zero attached hydrogens (tertiary/aromatic N) is 1. The monoisotopic (exact) mass is 588 g/mol. The van der Waals surface area contributed by atoms with Crippen LogP contribution in [0.25, 0.3) is 10.6 Å². The molecule has 3 aromatic carbocycles. The largest absolute Gasteiger partial charge is 0.493 e. The van der Waals surface area contributed by atoms with E-state index in [0.717, 1.165) is 53.7 Å². The van der Waals surface area contributed by atoms with E-state index in [4.69, 9.17) is 4.74 Å². The lowest BCUT2D eigenvalue weighted by Crippen LogP contribution is -2.30. The molecule has 2 amide bonds. The normalized spacial score (nSPS) is 16.1. The number of fused-ring (bicyclic) bond motifs is 2. The molecule has 3 N–H and O–H groups in total. The number of aromatic nitrogens is 1. The van der Waals surface area contributed by atoms with Crippen LogP contribution in [0, 0.1) is 5.92 Å². The Bertz CT molecular complexity index is 1710. The Hall–Kier alpha value is -4.06. The second-order valence-electron chi connectivity index (χ2n) is 10.0. The molecule has 41 heavy (non-hydrogen) atoms. The van der Waals surface area contributed by atoms with Crippen LogP contribution >= 0.6 is 11.3 Å². The minimum absolute atomic E-state index is 0.0536. The van der Waals surface area contributed by atoms with Crippen molar-refractivity contribution in [2.45, 2.75) is 29.2 Å². The van der Waals surface area contributed by atoms with Gasteiger partial charge in [0.05, 0.1) is 34.2 Å². The van der Waals surface area contributed by atoms with Crippen LogP contribution in [0.1, 0.15) is 38.4 Å². The number of sulfone groups is 1. The number of piperidine rings is 1. The third-order valence-corrected chi connectivity index (χ3v) is 10.1. The van der Waals surface area contributed by atoms with Gasteiger partial charge in [0.15, 0.2) is 0 Å². The Morgan fingerprint density at radius 3 is 2.61 bits per heavy atom. The fourth-order valence-corrected chi connectivity index (χ4v) is 7.40. The van der Waals surface area contributed by atoms with Gasteiger partial charge in [-0.1, -0.05) is 12.1 Å². The van der Waals surface area contributed by atoms with E-state index in [-0.39, 0.29) is 33.2 Å². The first-order chi connectivity index (χ1) is 19.9. The molecule has 11 heteroatoms. The summed E-state index contributed by atoms with van der Waals surface area (Å²) in [6, 6.07) is 18.1. The van der Waals surface area contributed by atoms with Crippen LogP contribution in [-0.4, -0.2) is 44.9 Å². The van der Waals surface area contributed by atoms with E-state index < -0.39 is 21.7 Å². The molecule has 2 aliphatic rings. The Morgan fingerprint density at radius 2 is 1.80 bits per heavy atom. The molecule has 0 radical (unpaired) electrons. The Balaban J connectivity index is 1.09. The van der Waals surface area contributed by atoms with Crippen molar-refractivity contribution >= 4 is 38.7 Å². The van der Waals surface area contributed by atoms with Crippen LogP contribution in [0.3, 0.4) is 0 Å². The number of carbonyl (C=O) groups is 2. The minimum Gasteiger partial charge on any atom is -0.493 e. The summed E-state index contributed by atoms with van der Waals surface area (Å²) < 4.78 is 32.3. The highest BCUT2D eigenvalue weighted by Crippen LogP contribution is 2.34. The first-order valence-electron chi connectivity index (χ1n) is 13.3. The fourth-order valence-electron chi connectivity index (χ4n) is 4.95. The van der Waals surface area contributed by atoms with E-state index >= 15 is 0 Å². The number of carbonyl (C=O) groups excluding carboxylic acids is 2. The molecule has 0 aliphatic carbocycles. The number of hydrogen-bond acceptors (Lipinski definition) is 8. The Morgan fingerprint density at radius 1 is 1.02 bits per heavy atom. The van der Waals surface area contributed by atoms with Crippen LogP contribution < -0.4 is 20.7 Å². The minimum atomic E-state index is -3.94. The first kappa shape index (κ1) is 27.1. The standard InChI is InChI=1S/C30H28N4O5S2/c35-28(21-7-10-27-25(15-21)34-29(36)24-3-1-2-4-26(24)41(27,37)38)32-16-23-17-33-30(40-23)20-5-8-22(9-6-20)39-18-19-11-13-31-14-12-19/h1-10,15,17,19,31H,11-14,16,18H2,(H,32,35)(H,34,36). The van der Waals surface area contributed by atoms with Crippen LogP contribution in [0.2, 0.25) is 0 Å². The van der Waals surface area contributed by atoms with Gasteiger partial charge in [0.1, 0.15) is 10.8 Å². The summed E-state index contributed by atoms with van der Waals surface area (Å²) in [6.07, 6.45) is 4.00. The summed E-state index contributed by atoms with van der Waals surface area (Å²) >= 11 is 1.47. The van der Waals surface area contributed by atoms with E-state index in [1.165, 1.54) is 41.7 Å². The van der Waals surface area contributed by atoms with Crippen LogP contribution in [0.4, 0.5) is 5.69 Å². The average Bonchev–Trinajstić information content (AvgIpc) is 3.46. The number of thiazole rings is 1. The zero-order chi connectivity index (χ0) is 28.4. The van der Waals surface area contributed by atoms with Crippen LogP contribution in [0.15, 0.2) is 82.7 Å². The van der Waals surface area contributed by atoms with Gasteiger partial charge in [0.2, 0.25) is 9.84 Å². The number of anilines is 1. The van der Waals surface area contributed by atoms with Crippen molar-refractivity contribution in [3.63, 3.8) is 0 Å². The lowest BCUT2D eigenvalue weighted by molar-refractivity contribution is 0.0949. The molecular weight excluding hydrogens is 560 g/mol. The van der Waals surface area contributed by atoms with Crippen LogP contribution in [0.5, 0.6) is 5.75 Å². The quantitative estimate of drug-likeness (QED) is 0.290. The molecule has 1 saturated heterocycles. The third kappa shape index (κ3) is 5.74. The molecule has 0 atom stereocenters. The van der Waals surface area contributed by atoms with Crippen LogP contribution in [-0.2, 0) is 16.4 Å². The summed E-state index contributed by atoms with van der Waals surface area (Å²) in [5, 5.41) is 9.69. The summed E-state index contributed by atoms with van der Waals surface area (Å²) in [6.45, 7) is 3.07. The Labute approximate surface area is 241 Å². The van der Waals surface area contributed by atoms with Gasteiger partial charge in [0, 0.05) is 22.2 Å². The summed E-state index contributed by atoms with van der Waals surface area (Å²) in [5.41, 5.74) is 1.33. The van der Waals surface area contributed by atoms with Crippen molar-refractivity contribution < 1.29 is 22.7 Å². The highest BCUT2D eigenvalue weighted by molar-refractivity contribution is 7.91. The molecule has 0 spiro atoms. The van der Waals surface area contributed by atoms with Crippen molar-refractivity contribution in [1.29, 1.82) is 0 Å². The molecule has 0 bridgehead atoms. The fraction of sp³-hybridized carbons (Fsp3) is 0.233.